The van der Waals surface area contributed by atoms with Crippen LogP contribution in [0.5, 0.6) is 5.75 Å². The SMILES string of the molecule is Cc1cc(C)cc(N2C(=O)NC(=O)/C(=C\c3cccc([N+](=O)[O-])c3O)C2=O)c1. The Balaban J connectivity index is 2.09. The number of phenols is 1. The highest BCUT2D eigenvalue weighted by Crippen LogP contribution is 2.32. The van der Waals surface area contributed by atoms with Gasteiger partial charge in [0.05, 0.1) is 10.6 Å². The number of nitro groups is 1. The van der Waals surface area contributed by atoms with E-state index in [0.717, 1.165) is 28.2 Å². The van der Waals surface area contributed by atoms with Gasteiger partial charge in [-0.2, -0.15) is 0 Å². The number of hydrogen-bond acceptors (Lipinski definition) is 6. The molecule has 28 heavy (non-hydrogen) atoms. The normalized spacial score (nSPS) is 15.7. The summed E-state index contributed by atoms with van der Waals surface area (Å²) in [5, 5.41) is 23.1. The lowest BCUT2D eigenvalue weighted by Gasteiger charge is -2.27. The Morgan fingerprint density at radius 1 is 1.11 bits per heavy atom. The minimum absolute atomic E-state index is 0.0950. The predicted molar refractivity (Wildman–Crippen MR) is 99.7 cm³/mol. The van der Waals surface area contributed by atoms with Crippen molar-refractivity contribution >= 4 is 35.3 Å². The Kier molecular flexibility index (Phi) is 4.66. The molecule has 142 valence electrons. The van der Waals surface area contributed by atoms with Crippen LogP contribution in [0.4, 0.5) is 16.2 Å². The number of amides is 4. The van der Waals surface area contributed by atoms with Gasteiger partial charge in [-0.3, -0.25) is 25.0 Å². The van der Waals surface area contributed by atoms with Crippen LogP contribution in [0, 0.1) is 24.0 Å². The van der Waals surface area contributed by atoms with E-state index >= 15 is 0 Å². The van der Waals surface area contributed by atoms with Crippen molar-refractivity contribution in [3.63, 3.8) is 0 Å². The zero-order valence-corrected chi connectivity index (χ0v) is 14.9. The summed E-state index contributed by atoms with van der Waals surface area (Å²) in [7, 11) is 0. The van der Waals surface area contributed by atoms with Gasteiger partial charge in [0.1, 0.15) is 5.57 Å². The van der Waals surface area contributed by atoms with E-state index in [1.807, 2.05) is 6.07 Å². The predicted octanol–water partition coefficient (Wildman–Crippen LogP) is 2.58. The number of phenolic OH excluding ortho intramolecular Hbond substituents is 1. The van der Waals surface area contributed by atoms with Crippen molar-refractivity contribution in [2.24, 2.45) is 0 Å². The molecule has 0 atom stereocenters. The van der Waals surface area contributed by atoms with E-state index in [1.165, 1.54) is 12.1 Å². The third kappa shape index (κ3) is 3.32. The maximum Gasteiger partial charge on any atom is 0.335 e. The molecule has 2 aromatic rings. The fourth-order valence-electron chi connectivity index (χ4n) is 2.94. The molecule has 2 aromatic carbocycles. The van der Waals surface area contributed by atoms with Crippen molar-refractivity contribution in [1.29, 1.82) is 0 Å². The van der Waals surface area contributed by atoms with Crippen LogP contribution in [0.15, 0.2) is 42.0 Å². The zero-order valence-electron chi connectivity index (χ0n) is 14.9. The molecule has 1 heterocycles. The highest BCUT2D eigenvalue weighted by atomic mass is 16.6. The van der Waals surface area contributed by atoms with E-state index in [1.54, 1.807) is 26.0 Å². The van der Waals surface area contributed by atoms with Crippen molar-refractivity contribution in [3.8, 4) is 5.75 Å². The molecule has 9 heteroatoms. The molecule has 1 aliphatic heterocycles. The van der Waals surface area contributed by atoms with Gasteiger partial charge in [0.2, 0.25) is 5.75 Å². The lowest BCUT2D eigenvalue weighted by atomic mass is 10.0. The highest BCUT2D eigenvalue weighted by molar-refractivity contribution is 6.39. The largest absolute Gasteiger partial charge is 0.502 e. The van der Waals surface area contributed by atoms with Crippen LogP contribution in [0.25, 0.3) is 6.08 Å². The summed E-state index contributed by atoms with van der Waals surface area (Å²) in [6, 6.07) is 7.89. The lowest BCUT2D eigenvalue weighted by Crippen LogP contribution is -2.54. The number of aromatic hydroxyl groups is 1. The average Bonchev–Trinajstić information content (AvgIpc) is 2.58. The Morgan fingerprint density at radius 3 is 2.36 bits per heavy atom. The number of carbonyl (C=O) groups excluding carboxylic acids is 3. The van der Waals surface area contributed by atoms with Crippen molar-refractivity contribution in [2.75, 3.05) is 4.90 Å². The van der Waals surface area contributed by atoms with E-state index < -0.39 is 39.8 Å². The van der Waals surface area contributed by atoms with E-state index in [2.05, 4.69) is 5.32 Å². The monoisotopic (exact) mass is 381 g/mol. The average molecular weight is 381 g/mol. The van der Waals surface area contributed by atoms with Crippen LogP contribution < -0.4 is 10.2 Å². The molecule has 0 aliphatic carbocycles. The Bertz CT molecular complexity index is 1050. The fourth-order valence-corrected chi connectivity index (χ4v) is 2.94. The minimum atomic E-state index is -0.957. The maximum atomic E-state index is 12.9. The van der Waals surface area contributed by atoms with Gasteiger partial charge < -0.3 is 5.11 Å². The number of nitrogens with one attached hydrogen (secondary N) is 1. The topological polar surface area (TPSA) is 130 Å². The van der Waals surface area contributed by atoms with E-state index in [-0.39, 0.29) is 11.3 Å². The summed E-state index contributed by atoms with van der Waals surface area (Å²) in [5.74, 6) is -2.54. The summed E-state index contributed by atoms with van der Waals surface area (Å²) in [6.07, 6.45) is 1.02. The first-order valence-corrected chi connectivity index (χ1v) is 8.15. The van der Waals surface area contributed by atoms with Crippen LogP contribution in [0.3, 0.4) is 0 Å². The number of hydrogen-bond donors (Lipinski definition) is 2. The van der Waals surface area contributed by atoms with Gasteiger partial charge in [-0.05, 0) is 43.2 Å². The second-order valence-electron chi connectivity index (χ2n) is 6.28. The zero-order chi connectivity index (χ0) is 20.6. The number of nitrogens with zero attached hydrogens (tertiary/aromatic N) is 2. The molecular weight excluding hydrogens is 366 g/mol. The van der Waals surface area contributed by atoms with Crippen LogP contribution in [0.1, 0.15) is 16.7 Å². The molecule has 3 rings (SSSR count). The van der Waals surface area contributed by atoms with Gasteiger partial charge in [0.25, 0.3) is 11.8 Å². The number of para-hydroxylation sites is 1. The molecular formula is C19H15N3O6. The van der Waals surface area contributed by atoms with Crippen LogP contribution in [0.2, 0.25) is 0 Å². The quantitative estimate of drug-likeness (QED) is 0.364. The number of carbonyl (C=O) groups is 3. The molecule has 1 aliphatic rings. The van der Waals surface area contributed by atoms with Crippen molar-refractivity contribution in [1.82, 2.24) is 5.32 Å². The first-order chi connectivity index (χ1) is 13.2. The van der Waals surface area contributed by atoms with Crippen LogP contribution in [-0.4, -0.2) is 27.9 Å². The minimum Gasteiger partial charge on any atom is -0.502 e. The summed E-state index contributed by atoms with van der Waals surface area (Å²) in [4.78, 5) is 48.3. The molecule has 0 aromatic heterocycles. The van der Waals surface area contributed by atoms with Gasteiger partial charge in [0.15, 0.2) is 0 Å². The van der Waals surface area contributed by atoms with Crippen molar-refractivity contribution < 1.29 is 24.4 Å². The molecule has 4 amide bonds. The Morgan fingerprint density at radius 2 is 1.75 bits per heavy atom. The third-order valence-corrected chi connectivity index (χ3v) is 4.11. The molecule has 0 bridgehead atoms. The number of aryl methyl sites for hydroxylation is 2. The standard InChI is InChI=1S/C19H15N3O6/c1-10-6-11(2)8-13(7-10)21-18(25)14(17(24)20-19(21)26)9-12-4-3-5-15(16(12)23)22(27)28/h3-9,23H,1-2H3,(H,20,24,26)/b14-9+. The van der Waals surface area contributed by atoms with Crippen molar-refractivity contribution in [3.05, 3.63) is 68.8 Å². The summed E-state index contributed by atoms with van der Waals surface area (Å²) < 4.78 is 0. The van der Waals surface area contributed by atoms with Gasteiger partial charge in [-0.15, -0.1) is 0 Å². The van der Waals surface area contributed by atoms with Crippen LogP contribution >= 0.6 is 0 Å². The van der Waals surface area contributed by atoms with Gasteiger partial charge in [-0.1, -0.05) is 18.2 Å². The van der Waals surface area contributed by atoms with Crippen LogP contribution in [-0.2, 0) is 9.59 Å². The summed E-state index contributed by atoms with van der Waals surface area (Å²) in [5.41, 5.74) is 0.808. The summed E-state index contributed by atoms with van der Waals surface area (Å²) >= 11 is 0. The van der Waals surface area contributed by atoms with Crippen molar-refractivity contribution in [2.45, 2.75) is 13.8 Å². The Hall–Kier alpha value is -4.01. The number of barbiturate groups is 1. The summed E-state index contributed by atoms with van der Waals surface area (Å²) in [6.45, 7) is 3.59. The second kappa shape index (κ2) is 6.95. The van der Waals surface area contributed by atoms with Gasteiger partial charge in [-0.25, -0.2) is 9.69 Å². The number of benzene rings is 2. The van der Waals surface area contributed by atoms with E-state index in [0.29, 0.717) is 0 Å². The van der Waals surface area contributed by atoms with Gasteiger partial charge in [0, 0.05) is 11.6 Å². The third-order valence-electron chi connectivity index (χ3n) is 4.11. The molecule has 0 spiro atoms. The first-order valence-electron chi connectivity index (χ1n) is 8.15. The maximum absolute atomic E-state index is 12.9. The molecule has 0 unspecified atom stereocenters. The molecule has 9 nitrogen and oxygen atoms in total. The Labute approximate surface area is 159 Å². The molecule has 0 radical (unpaired) electrons. The van der Waals surface area contributed by atoms with E-state index in [4.69, 9.17) is 0 Å². The number of nitro benzene ring substituents is 1. The number of imide groups is 2. The number of anilines is 1. The highest BCUT2D eigenvalue weighted by Gasteiger charge is 2.37. The first kappa shape index (κ1) is 18.8. The molecule has 2 N–H and O–H groups in total. The second-order valence-corrected chi connectivity index (χ2v) is 6.28. The molecule has 1 saturated heterocycles. The number of rotatable bonds is 3. The number of urea groups is 1. The molecule has 0 saturated carbocycles. The van der Waals surface area contributed by atoms with Gasteiger partial charge >= 0.3 is 11.7 Å². The fraction of sp³-hybridized carbons (Fsp3) is 0.105. The lowest BCUT2D eigenvalue weighted by molar-refractivity contribution is -0.385. The van der Waals surface area contributed by atoms with E-state index in [9.17, 15) is 29.6 Å². The smallest absolute Gasteiger partial charge is 0.335 e. The molecule has 1 fully saturated rings.